The summed E-state index contributed by atoms with van der Waals surface area (Å²) < 4.78 is 26.3. The first kappa shape index (κ1) is 13.6. The summed E-state index contributed by atoms with van der Waals surface area (Å²) >= 11 is 0. The molecule has 1 aromatic carbocycles. The van der Waals surface area contributed by atoms with Crippen molar-refractivity contribution >= 4 is 5.91 Å². The summed E-state index contributed by atoms with van der Waals surface area (Å²) in [5, 5.41) is 11.6. The second-order valence-corrected chi connectivity index (χ2v) is 3.85. The molecule has 0 saturated carbocycles. The Hall–Kier alpha value is -1.49. The van der Waals surface area contributed by atoms with E-state index in [9.17, 15) is 18.7 Å². The molecule has 2 N–H and O–H groups in total. The van der Waals surface area contributed by atoms with E-state index < -0.39 is 23.6 Å². The van der Waals surface area contributed by atoms with Crippen molar-refractivity contribution in [2.75, 3.05) is 6.54 Å². The van der Waals surface area contributed by atoms with Crippen molar-refractivity contribution < 1.29 is 18.7 Å². The first-order valence-corrected chi connectivity index (χ1v) is 5.37. The number of halogens is 2. The number of aliphatic hydroxyl groups is 1. The number of hydrogen-bond acceptors (Lipinski definition) is 2. The van der Waals surface area contributed by atoms with Gasteiger partial charge in [-0.25, -0.2) is 8.78 Å². The first-order valence-electron chi connectivity index (χ1n) is 5.37. The SMILES string of the molecule is CCC(O)CNC(=O)c1cc(C)c(F)cc1F. The third-order valence-corrected chi connectivity index (χ3v) is 2.46. The largest absolute Gasteiger partial charge is 0.391 e. The van der Waals surface area contributed by atoms with E-state index in [2.05, 4.69) is 5.32 Å². The molecule has 0 aromatic heterocycles. The molecule has 1 atom stereocenters. The number of benzene rings is 1. The molecule has 0 saturated heterocycles. The molecule has 3 nitrogen and oxygen atoms in total. The zero-order valence-electron chi connectivity index (χ0n) is 9.76. The number of amides is 1. The van der Waals surface area contributed by atoms with Crippen LogP contribution in [-0.2, 0) is 0 Å². The molecule has 5 heteroatoms. The van der Waals surface area contributed by atoms with Crippen molar-refractivity contribution in [1.82, 2.24) is 5.32 Å². The molecule has 0 radical (unpaired) electrons. The minimum absolute atomic E-state index is 0.0468. The van der Waals surface area contributed by atoms with Gasteiger partial charge in [-0.05, 0) is 25.0 Å². The molecule has 17 heavy (non-hydrogen) atoms. The van der Waals surface area contributed by atoms with Crippen LogP contribution < -0.4 is 5.32 Å². The summed E-state index contributed by atoms with van der Waals surface area (Å²) in [5.41, 5.74) is -0.0141. The summed E-state index contributed by atoms with van der Waals surface area (Å²) in [6, 6.07) is 1.83. The first-order chi connectivity index (χ1) is 7.95. The minimum Gasteiger partial charge on any atom is -0.391 e. The van der Waals surface area contributed by atoms with E-state index in [4.69, 9.17) is 0 Å². The highest BCUT2D eigenvalue weighted by molar-refractivity contribution is 5.94. The predicted octanol–water partition coefficient (Wildman–Crippen LogP) is 1.77. The van der Waals surface area contributed by atoms with Crippen LogP contribution in [-0.4, -0.2) is 23.7 Å². The predicted molar refractivity (Wildman–Crippen MR) is 59.7 cm³/mol. The maximum atomic E-state index is 13.3. The normalized spacial score (nSPS) is 12.3. The Morgan fingerprint density at radius 3 is 2.65 bits per heavy atom. The van der Waals surface area contributed by atoms with Crippen molar-refractivity contribution in [3.8, 4) is 0 Å². The van der Waals surface area contributed by atoms with Gasteiger partial charge in [-0.1, -0.05) is 6.92 Å². The summed E-state index contributed by atoms with van der Waals surface area (Å²) in [5.74, 6) is -2.25. The Labute approximate surface area is 98.5 Å². The van der Waals surface area contributed by atoms with Crippen LogP contribution >= 0.6 is 0 Å². The molecule has 0 aliphatic carbocycles. The van der Waals surface area contributed by atoms with Crippen LogP contribution in [0.3, 0.4) is 0 Å². The van der Waals surface area contributed by atoms with Crippen molar-refractivity contribution in [1.29, 1.82) is 0 Å². The Balaban J connectivity index is 2.79. The number of aryl methyl sites for hydroxylation is 1. The van der Waals surface area contributed by atoms with Gasteiger partial charge < -0.3 is 10.4 Å². The molecule has 0 bridgehead atoms. The van der Waals surface area contributed by atoms with Crippen LogP contribution in [0, 0.1) is 18.6 Å². The van der Waals surface area contributed by atoms with Crippen LogP contribution in [0.15, 0.2) is 12.1 Å². The van der Waals surface area contributed by atoms with Gasteiger partial charge in [0.1, 0.15) is 11.6 Å². The van der Waals surface area contributed by atoms with Crippen LogP contribution in [0.5, 0.6) is 0 Å². The number of carbonyl (C=O) groups excluding carboxylic acids is 1. The number of nitrogens with one attached hydrogen (secondary N) is 1. The molecule has 1 amide bonds. The number of carbonyl (C=O) groups is 1. The van der Waals surface area contributed by atoms with E-state index in [1.165, 1.54) is 6.92 Å². The van der Waals surface area contributed by atoms with Gasteiger partial charge in [0.2, 0.25) is 0 Å². The average molecular weight is 243 g/mol. The van der Waals surface area contributed by atoms with Crippen molar-refractivity contribution in [3.05, 3.63) is 34.9 Å². The van der Waals surface area contributed by atoms with Gasteiger partial charge in [0.15, 0.2) is 0 Å². The lowest BCUT2D eigenvalue weighted by Gasteiger charge is -2.10. The quantitative estimate of drug-likeness (QED) is 0.846. The molecule has 0 aliphatic heterocycles. The molecular formula is C12H15F2NO2. The maximum absolute atomic E-state index is 13.3. The van der Waals surface area contributed by atoms with Crippen molar-refractivity contribution in [3.63, 3.8) is 0 Å². The third-order valence-electron chi connectivity index (χ3n) is 2.46. The van der Waals surface area contributed by atoms with E-state index in [-0.39, 0.29) is 17.7 Å². The summed E-state index contributed by atoms with van der Waals surface area (Å²) in [6.45, 7) is 3.26. The topological polar surface area (TPSA) is 49.3 Å². The highest BCUT2D eigenvalue weighted by atomic mass is 19.1. The standard InChI is InChI=1S/C12H15F2NO2/c1-3-8(16)6-15-12(17)9-4-7(2)10(13)5-11(9)14/h4-5,8,16H,3,6H2,1-2H3,(H,15,17). The summed E-state index contributed by atoms with van der Waals surface area (Å²) in [7, 11) is 0. The molecule has 1 unspecified atom stereocenters. The summed E-state index contributed by atoms with van der Waals surface area (Å²) in [6.07, 6.45) is -0.172. The second-order valence-electron chi connectivity index (χ2n) is 3.85. The van der Waals surface area contributed by atoms with E-state index in [1.54, 1.807) is 6.92 Å². The van der Waals surface area contributed by atoms with E-state index in [0.29, 0.717) is 12.5 Å². The van der Waals surface area contributed by atoms with Crippen molar-refractivity contribution in [2.24, 2.45) is 0 Å². The van der Waals surface area contributed by atoms with Gasteiger partial charge in [0.25, 0.3) is 5.91 Å². The monoisotopic (exact) mass is 243 g/mol. The molecule has 0 spiro atoms. The van der Waals surface area contributed by atoms with Crippen LogP contribution in [0.2, 0.25) is 0 Å². The molecule has 1 aromatic rings. The van der Waals surface area contributed by atoms with E-state index in [1.807, 2.05) is 0 Å². The molecular weight excluding hydrogens is 228 g/mol. The molecule has 0 aliphatic rings. The second kappa shape index (κ2) is 5.72. The smallest absolute Gasteiger partial charge is 0.254 e. The Morgan fingerprint density at radius 1 is 1.41 bits per heavy atom. The fourth-order valence-electron chi connectivity index (χ4n) is 1.28. The number of aliphatic hydroxyl groups excluding tert-OH is 1. The van der Waals surface area contributed by atoms with Crippen LogP contribution in [0.1, 0.15) is 29.3 Å². The van der Waals surface area contributed by atoms with Gasteiger partial charge in [0.05, 0.1) is 11.7 Å². The van der Waals surface area contributed by atoms with Gasteiger partial charge in [-0.3, -0.25) is 4.79 Å². The van der Waals surface area contributed by atoms with Gasteiger partial charge >= 0.3 is 0 Å². The van der Waals surface area contributed by atoms with Gasteiger partial charge in [-0.15, -0.1) is 0 Å². The molecule has 0 fully saturated rings. The number of hydrogen-bond donors (Lipinski definition) is 2. The lowest BCUT2D eigenvalue weighted by atomic mass is 10.1. The Morgan fingerprint density at radius 2 is 2.06 bits per heavy atom. The zero-order valence-corrected chi connectivity index (χ0v) is 9.76. The Kier molecular flexibility index (Phi) is 4.57. The zero-order chi connectivity index (χ0) is 13.0. The average Bonchev–Trinajstić information content (AvgIpc) is 2.30. The van der Waals surface area contributed by atoms with Crippen molar-refractivity contribution in [2.45, 2.75) is 26.4 Å². The lowest BCUT2D eigenvalue weighted by Crippen LogP contribution is -2.32. The fourth-order valence-corrected chi connectivity index (χ4v) is 1.28. The maximum Gasteiger partial charge on any atom is 0.254 e. The lowest BCUT2D eigenvalue weighted by molar-refractivity contribution is 0.0909. The van der Waals surface area contributed by atoms with Crippen LogP contribution in [0.4, 0.5) is 8.78 Å². The van der Waals surface area contributed by atoms with Gasteiger partial charge in [-0.2, -0.15) is 0 Å². The highest BCUT2D eigenvalue weighted by Gasteiger charge is 2.15. The van der Waals surface area contributed by atoms with E-state index >= 15 is 0 Å². The highest BCUT2D eigenvalue weighted by Crippen LogP contribution is 2.14. The van der Waals surface area contributed by atoms with E-state index in [0.717, 1.165) is 6.07 Å². The van der Waals surface area contributed by atoms with Gasteiger partial charge in [0, 0.05) is 12.6 Å². The third kappa shape index (κ3) is 3.49. The molecule has 0 heterocycles. The van der Waals surface area contributed by atoms with Crippen LogP contribution in [0.25, 0.3) is 0 Å². The number of rotatable bonds is 4. The minimum atomic E-state index is -0.906. The molecule has 1 rings (SSSR count). The molecule has 94 valence electrons. The fraction of sp³-hybridized carbons (Fsp3) is 0.417. The Bertz CT molecular complexity index is 421. The summed E-state index contributed by atoms with van der Waals surface area (Å²) in [4.78, 5) is 11.6.